The average molecular weight is 207 g/mol. The summed E-state index contributed by atoms with van der Waals surface area (Å²) in [4.78, 5) is 2.15. The minimum atomic E-state index is 0.157. The van der Waals surface area contributed by atoms with Gasteiger partial charge in [-0.3, -0.25) is 4.90 Å². The number of fused-ring (bicyclic) bond motifs is 1. The van der Waals surface area contributed by atoms with Gasteiger partial charge in [0.1, 0.15) is 0 Å². The van der Waals surface area contributed by atoms with Crippen LogP contribution >= 0.6 is 0 Å². The van der Waals surface area contributed by atoms with E-state index in [2.05, 4.69) is 4.90 Å². The molecule has 0 spiro atoms. The SMILES string of the molecule is CN1COC(c2ccc3c(c2)OCO3)C1. The summed E-state index contributed by atoms with van der Waals surface area (Å²) in [5.41, 5.74) is 1.16. The maximum Gasteiger partial charge on any atom is 0.231 e. The largest absolute Gasteiger partial charge is 0.454 e. The smallest absolute Gasteiger partial charge is 0.231 e. The van der Waals surface area contributed by atoms with Gasteiger partial charge in [0.2, 0.25) is 6.79 Å². The van der Waals surface area contributed by atoms with Crippen molar-refractivity contribution in [3.63, 3.8) is 0 Å². The van der Waals surface area contributed by atoms with Crippen molar-refractivity contribution in [1.82, 2.24) is 4.90 Å². The summed E-state index contributed by atoms with van der Waals surface area (Å²) in [5, 5.41) is 0. The number of likely N-dealkylation sites (N-methyl/N-ethyl adjacent to an activating group) is 1. The van der Waals surface area contributed by atoms with Crippen LogP contribution in [0.1, 0.15) is 11.7 Å². The lowest BCUT2D eigenvalue weighted by atomic mass is 10.1. The molecule has 80 valence electrons. The summed E-state index contributed by atoms with van der Waals surface area (Å²) >= 11 is 0. The predicted octanol–water partition coefficient (Wildman–Crippen LogP) is 1.38. The molecular formula is C11H13NO3. The van der Waals surface area contributed by atoms with Crippen LogP contribution in [0.15, 0.2) is 18.2 Å². The molecule has 1 aromatic carbocycles. The molecule has 0 bridgehead atoms. The van der Waals surface area contributed by atoms with Gasteiger partial charge in [0.15, 0.2) is 11.5 Å². The van der Waals surface area contributed by atoms with Gasteiger partial charge in [-0.1, -0.05) is 6.07 Å². The Balaban J connectivity index is 1.87. The zero-order valence-corrected chi connectivity index (χ0v) is 8.60. The fourth-order valence-electron chi connectivity index (χ4n) is 1.92. The van der Waals surface area contributed by atoms with Gasteiger partial charge in [0.25, 0.3) is 0 Å². The second kappa shape index (κ2) is 3.40. The Morgan fingerprint density at radius 1 is 1.27 bits per heavy atom. The molecule has 15 heavy (non-hydrogen) atoms. The topological polar surface area (TPSA) is 30.9 Å². The highest BCUT2D eigenvalue weighted by atomic mass is 16.7. The Bertz CT molecular complexity index is 380. The van der Waals surface area contributed by atoms with E-state index in [4.69, 9.17) is 14.2 Å². The lowest BCUT2D eigenvalue weighted by Crippen LogP contribution is -2.13. The predicted molar refractivity (Wildman–Crippen MR) is 53.9 cm³/mol. The molecule has 1 saturated heterocycles. The second-order valence-electron chi connectivity index (χ2n) is 3.94. The normalized spacial score (nSPS) is 24.7. The van der Waals surface area contributed by atoms with Crippen LogP contribution in [0, 0.1) is 0 Å². The average Bonchev–Trinajstić information content (AvgIpc) is 2.84. The van der Waals surface area contributed by atoms with E-state index in [1.54, 1.807) is 0 Å². The van der Waals surface area contributed by atoms with Crippen molar-refractivity contribution in [1.29, 1.82) is 0 Å². The zero-order chi connectivity index (χ0) is 10.3. The molecule has 1 aromatic rings. The van der Waals surface area contributed by atoms with Crippen molar-refractivity contribution in [3.05, 3.63) is 23.8 Å². The molecule has 1 unspecified atom stereocenters. The molecule has 0 radical (unpaired) electrons. The molecule has 1 atom stereocenters. The van der Waals surface area contributed by atoms with E-state index >= 15 is 0 Å². The van der Waals surface area contributed by atoms with Crippen LogP contribution in [0.5, 0.6) is 11.5 Å². The van der Waals surface area contributed by atoms with Gasteiger partial charge in [-0.2, -0.15) is 0 Å². The van der Waals surface area contributed by atoms with Crippen molar-refractivity contribution < 1.29 is 14.2 Å². The molecule has 0 saturated carbocycles. The van der Waals surface area contributed by atoms with Crippen LogP contribution in [0.3, 0.4) is 0 Å². The van der Waals surface area contributed by atoms with Gasteiger partial charge < -0.3 is 14.2 Å². The third kappa shape index (κ3) is 1.56. The monoisotopic (exact) mass is 207 g/mol. The molecule has 2 aliphatic heterocycles. The molecule has 0 N–H and O–H groups in total. The van der Waals surface area contributed by atoms with Crippen LogP contribution in [-0.2, 0) is 4.74 Å². The molecule has 2 aliphatic rings. The highest BCUT2D eigenvalue weighted by Crippen LogP contribution is 2.35. The summed E-state index contributed by atoms with van der Waals surface area (Å²) < 4.78 is 16.2. The number of hydrogen-bond donors (Lipinski definition) is 0. The number of ether oxygens (including phenoxy) is 3. The van der Waals surface area contributed by atoms with E-state index < -0.39 is 0 Å². The van der Waals surface area contributed by atoms with Crippen LogP contribution < -0.4 is 9.47 Å². The minimum Gasteiger partial charge on any atom is -0.454 e. The van der Waals surface area contributed by atoms with Gasteiger partial charge in [-0.05, 0) is 24.7 Å². The summed E-state index contributed by atoms with van der Waals surface area (Å²) in [7, 11) is 2.05. The standard InChI is InChI=1S/C11H13NO3/c1-12-5-11(13-6-12)8-2-3-9-10(4-8)15-7-14-9/h2-4,11H,5-7H2,1H3. The fraction of sp³-hybridized carbons (Fsp3) is 0.455. The van der Waals surface area contributed by atoms with Crippen molar-refractivity contribution in [2.75, 3.05) is 27.1 Å². The van der Waals surface area contributed by atoms with E-state index in [9.17, 15) is 0 Å². The maximum absolute atomic E-state index is 5.64. The first-order valence-corrected chi connectivity index (χ1v) is 5.02. The zero-order valence-electron chi connectivity index (χ0n) is 8.60. The lowest BCUT2D eigenvalue weighted by molar-refractivity contribution is 0.0954. The van der Waals surface area contributed by atoms with Gasteiger partial charge in [-0.15, -0.1) is 0 Å². The van der Waals surface area contributed by atoms with Crippen LogP contribution in [0.2, 0.25) is 0 Å². The summed E-state index contributed by atoms with van der Waals surface area (Å²) in [6.07, 6.45) is 0.157. The molecule has 0 aromatic heterocycles. The second-order valence-corrected chi connectivity index (χ2v) is 3.94. The Kier molecular flexibility index (Phi) is 2.04. The first-order valence-electron chi connectivity index (χ1n) is 5.02. The van der Waals surface area contributed by atoms with Crippen LogP contribution in [0.4, 0.5) is 0 Å². The quantitative estimate of drug-likeness (QED) is 0.696. The number of rotatable bonds is 1. The number of nitrogens with zero attached hydrogens (tertiary/aromatic N) is 1. The van der Waals surface area contributed by atoms with Gasteiger partial charge in [0, 0.05) is 6.54 Å². The van der Waals surface area contributed by atoms with Crippen LogP contribution in [-0.4, -0.2) is 32.0 Å². The maximum atomic E-state index is 5.64. The molecule has 3 rings (SSSR count). The number of benzene rings is 1. The highest BCUT2D eigenvalue weighted by molar-refractivity contribution is 5.45. The molecule has 4 nitrogen and oxygen atoms in total. The number of hydrogen-bond acceptors (Lipinski definition) is 4. The molecule has 1 fully saturated rings. The third-order valence-electron chi connectivity index (χ3n) is 2.74. The molecule has 0 aliphatic carbocycles. The molecule has 0 amide bonds. The van der Waals surface area contributed by atoms with Gasteiger partial charge >= 0.3 is 0 Å². The van der Waals surface area contributed by atoms with Crippen molar-refractivity contribution in [2.24, 2.45) is 0 Å². The summed E-state index contributed by atoms with van der Waals surface area (Å²) in [5.74, 6) is 1.65. The van der Waals surface area contributed by atoms with Crippen molar-refractivity contribution in [2.45, 2.75) is 6.10 Å². The Hall–Kier alpha value is -1.26. The molecular weight excluding hydrogens is 194 g/mol. The fourth-order valence-corrected chi connectivity index (χ4v) is 1.92. The first kappa shape index (κ1) is 9.00. The summed E-state index contributed by atoms with van der Waals surface area (Å²) in [6.45, 7) is 1.95. The Labute approximate surface area is 88.3 Å². The van der Waals surface area contributed by atoms with Gasteiger partial charge in [0.05, 0.1) is 12.8 Å². The van der Waals surface area contributed by atoms with E-state index in [0.29, 0.717) is 13.5 Å². The van der Waals surface area contributed by atoms with E-state index in [1.165, 1.54) is 0 Å². The molecule has 2 heterocycles. The lowest BCUT2D eigenvalue weighted by Gasteiger charge is -2.09. The van der Waals surface area contributed by atoms with Crippen LogP contribution in [0.25, 0.3) is 0 Å². The van der Waals surface area contributed by atoms with Crippen molar-refractivity contribution in [3.8, 4) is 11.5 Å². The highest BCUT2D eigenvalue weighted by Gasteiger charge is 2.24. The molecule has 4 heteroatoms. The minimum absolute atomic E-state index is 0.157. The third-order valence-corrected chi connectivity index (χ3v) is 2.74. The van der Waals surface area contributed by atoms with E-state index in [-0.39, 0.29) is 6.10 Å². The Morgan fingerprint density at radius 3 is 2.93 bits per heavy atom. The van der Waals surface area contributed by atoms with Gasteiger partial charge in [-0.25, -0.2) is 0 Å². The van der Waals surface area contributed by atoms with E-state index in [0.717, 1.165) is 23.6 Å². The Morgan fingerprint density at radius 2 is 2.13 bits per heavy atom. The first-order chi connectivity index (χ1) is 7.33. The van der Waals surface area contributed by atoms with Crippen molar-refractivity contribution >= 4 is 0 Å². The summed E-state index contributed by atoms with van der Waals surface area (Å²) in [6, 6.07) is 5.99. The van der Waals surface area contributed by atoms with E-state index in [1.807, 2.05) is 25.2 Å².